The standard InChI is InChI=1S/C115H118O28/c1-70(116)54-57-88(117)135-94-91(138-101(122)75-44-26-13-27-45-75)82(131-98(119)72-38-20-10-21-39-72)68-130-107(94)134-87-59-60-112(6)85(111(87,4)5)58-61-114(8)86(112)56-55-80-81-66-110(2,3)62-64-115(81,65-63-113(80,114)7)109(127)143-108-96(142-105(126)79-52-34-17-35-53-79)93(140-103(124)77-48-30-15-31-49-77)90(137-100(121)74-42-24-12-25-43-74)84(133-108)69-129-106-95(141-104(125)78-50-32-16-33-51-78)92(139-102(123)76-46-28-14-29-47-76)89(136-99(120)73-40-22-11-23-41-73)83(132-106)67-128-97(118)71-36-18-9-19-37-71/h9-53,55,81-87,89-96,106-108H,54,56-69H2,1-8H3/t81-,82+,83+,84+,85-,86+,87-,89+,90+,91-,92-,93-,94+,95+,96+,106+,107-,108-,112-,113+,114+,115-/m0/s1. The van der Waals surface area contributed by atoms with Crippen LogP contribution in [0.2, 0.25) is 0 Å². The fourth-order valence-electron chi connectivity index (χ4n) is 23.1. The Bertz CT molecular complexity index is 6090. The van der Waals surface area contributed by atoms with Gasteiger partial charge >= 0.3 is 65.7 Å². The molecule has 143 heavy (non-hydrogen) atoms. The summed E-state index contributed by atoms with van der Waals surface area (Å²) in [5, 5.41) is 0. The number of esters is 11. The summed E-state index contributed by atoms with van der Waals surface area (Å²) in [6, 6.07) is 71.3. The van der Waals surface area contributed by atoms with Crippen molar-refractivity contribution in [3.8, 4) is 0 Å². The third-order valence-electron chi connectivity index (χ3n) is 30.9. The predicted octanol–water partition coefficient (Wildman–Crippen LogP) is 18.5. The number of Topliss-reactive ketones (excluding diaryl/α,β-unsaturated/α-hetero) is 1. The molecule has 0 spiro atoms. The van der Waals surface area contributed by atoms with Gasteiger partial charge in [0.25, 0.3) is 0 Å². The molecule has 17 rings (SSSR count). The lowest BCUT2D eigenvalue weighted by Crippen LogP contribution is -2.66. The van der Waals surface area contributed by atoms with Gasteiger partial charge in [-0.25, -0.2) is 43.2 Å². The van der Waals surface area contributed by atoms with E-state index in [1.807, 2.05) is 0 Å². The van der Waals surface area contributed by atoms with E-state index >= 15 is 24.0 Å². The van der Waals surface area contributed by atoms with E-state index in [1.165, 1.54) is 91.9 Å². The largest absolute Gasteiger partial charge is 0.459 e. The van der Waals surface area contributed by atoms with Gasteiger partial charge in [-0.3, -0.25) is 9.59 Å². The Morgan fingerprint density at radius 1 is 0.343 bits per heavy atom. The summed E-state index contributed by atoms with van der Waals surface area (Å²) in [5.41, 5.74) is -2.03. The molecule has 0 aromatic heterocycles. The fourth-order valence-corrected chi connectivity index (χ4v) is 23.1. The van der Waals surface area contributed by atoms with Crippen LogP contribution in [0.25, 0.3) is 0 Å². The van der Waals surface area contributed by atoms with E-state index in [0.29, 0.717) is 51.4 Å². The van der Waals surface area contributed by atoms with E-state index in [0.717, 1.165) is 18.4 Å². The van der Waals surface area contributed by atoms with E-state index in [2.05, 4.69) is 54.5 Å². The number of ether oxygens (including phenoxy) is 16. The Balaban J connectivity index is 0.720. The van der Waals surface area contributed by atoms with Crippen LogP contribution in [0.3, 0.4) is 0 Å². The lowest BCUT2D eigenvalue weighted by atomic mass is 9.33. The molecular formula is C115H118O28. The van der Waals surface area contributed by atoms with Crippen LogP contribution in [0.5, 0.6) is 0 Å². The number of allylic oxidation sites excluding steroid dienone is 2. The summed E-state index contributed by atoms with van der Waals surface area (Å²) in [6.45, 7) is 15.3. The molecule has 7 fully saturated rings. The van der Waals surface area contributed by atoms with Crippen LogP contribution in [0.1, 0.15) is 226 Å². The number of hydrogen-bond acceptors (Lipinski definition) is 28. The normalized spacial score (nSPS) is 29.6. The van der Waals surface area contributed by atoms with Crippen molar-refractivity contribution < 1.29 is 133 Å². The van der Waals surface area contributed by atoms with E-state index < -0.39 is 199 Å². The van der Waals surface area contributed by atoms with Crippen LogP contribution in [0.15, 0.2) is 285 Å². The molecule has 28 nitrogen and oxygen atoms in total. The fraction of sp³-hybridized carbons (Fsp3) is 0.409. The Morgan fingerprint density at radius 2 is 0.713 bits per heavy atom. The highest BCUT2D eigenvalue weighted by atomic mass is 16.8. The van der Waals surface area contributed by atoms with E-state index in [1.54, 1.807) is 188 Å². The number of rotatable bonds is 30. The third-order valence-corrected chi connectivity index (χ3v) is 30.9. The molecule has 22 atom stereocenters. The molecular weight excluding hydrogens is 1830 g/mol. The molecule has 8 aliphatic rings. The third kappa shape index (κ3) is 21.7. The van der Waals surface area contributed by atoms with Crippen molar-refractivity contribution in [3.05, 3.63) is 335 Å². The van der Waals surface area contributed by atoms with Crippen molar-refractivity contribution in [3.63, 3.8) is 0 Å². The highest BCUT2D eigenvalue weighted by Gasteiger charge is 2.71. The summed E-state index contributed by atoms with van der Waals surface area (Å²) in [6.07, 6.45) is -18.2. The highest BCUT2D eigenvalue weighted by Crippen LogP contribution is 2.76. The van der Waals surface area contributed by atoms with Crippen LogP contribution < -0.4 is 0 Å². The monoisotopic (exact) mass is 1950 g/mol. The number of benzene rings is 9. The first-order valence-corrected chi connectivity index (χ1v) is 48.9. The Morgan fingerprint density at radius 3 is 1.15 bits per heavy atom. The van der Waals surface area contributed by atoms with Gasteiger partial charge in [0.15, 0.2) is 61.4 Å². The molecule has 0 bridgehead atoms. The summed E-state index contributed by atoms with van der Waals surface area (Å²) < 4.78 is 106. The van der Waals surface area contributed by atoms with E-state index in [-0.39, 0.29) is 98.0 Å². The maximum absolute atomic E-state index is 17.2. The molecule has 0 N–H and O–H groups in total. The van der Waals surface area contributed by atoms with E-state index in [9.17, 15) is 33.6 Å². The molecule has 28 heteroatoms. The number of fused-ring (bicyclic) bond motifs is 7. The molecule has 3 aliphatic heterocycles. The molecule has 4 saturated carbocycles. The number of ketones is 1. The number of carbonyl (C=O) groups excluding carboxylic acids is 12. The maximum atomic E-state index is 17.2. The summed E-state index contributed by atoms with van der Waals surface area (Å²) >= 11 is 0. The van der Waals surface area contributed by atoms with Crippen LogP contribution in [-0.2, 0) is 90.2 Å². The second-order valence-electron chi connectivity index (χ2n) is 40.5. The Hall–Kier alpha value is -13.6. The molecule has 0 unspecified atom stereocenters. The van der Waals surface area contributed by atoms with Gasteiger partial charge in [0.05, 0.1) is 81.2 Å². The van der Waals surface area contributed by atoms with Crippen molar-refractivity contribution in [2.24, 2.45) is 50.2 Å². The summed E-state index contributed by atoms with van der Waals surface area (Å²) in [4.78, 5) is 177. The molecule has 9 aromatic rings. The zero-order valence-corrected chi connectivity index (χ0v) is 81.0. The molecule has 5 aliphatic carbocycles. The van der Waals surface area contributed by atoms with Crippen molar-refractivity contribution in [1.29, 1.82) is 0 Å². The predicted molar refractivity (Wildman–Crippen MR) is 515 cm³/mol. The average Bonchev–Trinajstić information content (AvgIpc) is 0.672. The van der Waals surface area contributed by atoms with Crippen molar-refractivity contribution in [2.75, 3.05) is 19.8 Å². The maximum Gasteiger partial charge on any atom is 0.338 e. The van der Waals surface area contributed by atoms with Gasteiger partial charge in [0.2, 0.25) is 12.4 Å². The molecule has 0 radical (unpaired) electrons. The minimum absolute atomic E-state index is 0.00187. The molecule has 0 amide bonds. The van der Waals surface area contributed by atoms with Crippen LogP contribution in [0, 0.1) is 50.2 Å². The minimum atomic E-state index is -2.10. The Labute approximate surface area is 829 Å². The SMILES string of the molecule is CC(=O)CCC(=O)O[C@H]1[C@H](O[C@H]2CC[C@]3(C)[C@H]4CC=C5[C@@H]6CC(C)(C)CC[C@]6(C(=O)O[C@@H]6O[C@H](CO[C@@H]7O[C@H](COC(=O)c8ccccc8)[C@@H](OC(=O)c8ccccc8)[C@H](OC(=O)c8ccccc8)[C@H]7OC(=O)c7ccccc7)[C@@H](OC(=O)c7ccccc7)[C@H](OC(=O)c7ccccc7)[C@H]6OC(=O)c6ccccc6)CC[C@@]5(C)[C@]4(C)CC[C@H]3C2(C)C)OC[C@@H](OC(=O)c2ccccc2)[C@@H]1OC(=O)c1ccccc1. The van der Waals surface area contributed by atoms with Gasteiger partial charge < -0.3 is 80.6 Å². The lowest BCUT2D eigenvalue weighted by Gasteiger charge is -2.71. The summed E-state index contributed by atoms with van der Waals surface area (Å²) in [7, 11) is 0. The summed E-state index contributed by atoms with van der Waals surface area (Å²) in [5.74, 6) is -10.6. The molecule has 3 saturated heterocycles. The zero-order chi connectivity index (χ0) is 101. The first-order chi connectivity index (χ1) is 68.8. The topological polar surface area (TPSA) is 353 Å². The zero-order valence-electron chi connectivity index (χ0n) is 81.0. The number of hydrogen-bond donors (Lipinski definition) is 0. The Kier molecular flexibility index (Phi) is 30.5. The van der Waals surface area contributed by atoms with Crippen molar-refractivity contribution in [1.82, 2.24) is 0 Å². The van der Waals surface area contributed by atoms with Gasteiger partial charge in [-0.2, -0.15) is 0 Å². The lowest BCUT2D eigenvalue weighted by molar-refractivity contribution is -0.325. The molecule has 9 aromatic carbocycles. The van der Waals surface area contributed by atoms with Gasteiger partial charge in [0.1, 0.15) is 24.6 Å². The van der Waals surface area contributed by atoms with Crippen molar-refractivity contribution >= 4 is 71.4 Å². The van der Waals surface area contributed by atoms with Gasteiger partial charge in [-0.05, 0) is 225 Å². The average molecular weight is 1950 g/mol. The number of carbonyl (C=O) groups is 12. The first kappa shape index (κ1) is 101. The van der Waals surface area contributed by atoms with Crippen LogP contribution >= 0.6 is 0 Å². The van der Waals surface area contributed by atoms with Gasteiger partial charge in [-0.1, -0.05) is 224 Å². The minimum Gasteiger partial charge on any atom is -0.459 e. The molecule has 746 valence electrons. The van der Waals surface area contributed by atoms with Crippen molar-refractivity contribution in [2.45, 2.75) is 225 Å². The second-order valence-corrected chi connectivity index (χ2v) is 40.5. The van der Waals surface area contributed by atoms with Crippen LogP contribution in [-0.4, -0.2) is 183 Å². The molecule has 3 heterocycles. The van der Waals surface area contributed by atoms with Crippen LogP contribution in [0.4, 0.5) is 0 Å². The smallest absolute Gasteiger partial charge is 0.338 e. The second kappa shape index (κ2) is 43.3. The quantitative estimate of drug-likeness (QED) is 0.0175. The van der Waals surface area contributed by atoms with Gasteiger partial charge in [0, 0.05) is 6.42 Å². The highest BCUT2D eigenvalue weighted by molar-refractivity contribution is 5.95. The van der Waals surface area contributed by atoms with Gasteiger partial charge in [-0.15, -0.1) is 0 Å². The van der Waals surface area contributed by atoms with E-state index in [4.69, 9.17) is 75.8 Å². The first-order valence-electron chi connectivity index (χ1n) is 48.9.